The molecule has 6 aromatic rings. The van der Waals surface area contributed by atoms with Crippen LogP contribution < -0.4 is 15.5 Å². The van der Waals surface area contributed by atoms with Gasteiger partial charge in [0.1, 0.15) is 23.6 Å². The number of anilines is 1. The highest BCUT2D eigenvalue weighted by Crippen LogP contribution is 2.46. The highest BCUT2D eigenvalue weighted by Gasteiger charge is 2.45. The summed E-state index contributed by atoms with van der Waals surface area (Å²) in [5.41, 5.74) is 9.70. The summed E-state index contributed by atoms with van der Waals surface area (Å²) in [6, 6.07) is 35.4. The number of ketones is 2. The number of hydrogen-bond donors (Lipinski definition) is 3. The number of carbonyl (C=O) groups is 5. The number of nitrogens with one attached hydrogen (secondary N) is 2. The first-order valence-corrected chi connectivity index (χ1v) is 43.6. The van der Waals surface area contributed by atoms with Crippen molar-refractivity contribution in [2.75, 3.05) is 94.8 Å². The standard InChI is InChI=1S/C83H108ClN7O11S4/c1-58(61-21-23-64(24-22-61)78-59(2)85-57-104-78)86-80(96)74-50-70(93)54-91(74)81(97)79(82(3,4)5)87-77(95)20-16-11-9-8-10-13-17-69(92)35-38-83(6)39-36-73(62-25-30-67(84)31-26-62)66(52-83)53-89-41-43-90(44-42-89)68-32-27-63(28-33-68)75(94)56-106(100,101)72-34-29-65(76(51-72)105(7,98)99)49-60(37-40-88-45-47-102-48-46-88)55-103-71-18-14-12-15-19-71/h12,14-15,18-19,21-34,51,57-58,60,70,74,79,93H,8-11,13,16-17,20,35-50,52-56H2,1-7H3,(H,86,96)(H,87,95)/t58-,60-,70+,74-,79+,83-/m0/s1. The molecule has 6 atom stereocenters. The molecule has 0 radical (unpaired) electrons. The van der Waals surface area contributed by atoms with Crippen LogP contribution >= 0.6 is 34.7 Å². The number of ether oxygens (including phenoxy) is 1. The third-order valence-electron chi connectivity index (χ3n) is 21.6. The molecule has 106 heavy (non-hydrogen) atoms. The van der Waals surface area contributed by atoms with Crippen LogP contribution in [0.3, 0.4) is 0 Å². The van der Waals surface area contributed by atoms with Crippen molar-refractivity contribution >= 4 is 94.9 Å². The van der Waals surface area contributed by atoms with Crippen LogP contribution in [0.15, 0.2) is 147 Å². The van der Waals surface area contributed by atoms with Crippen molar-refractivity contribution < 1.29 is 50.7 Å². The van der Waals surface area contributed by atoms with E-state index in [9.17, 15) is 45.9 Å². The Balaban J connectivity index is 0.645. The lowest BCUT2D eigenvalue weighted by atomic mass is 9.69. The predicted molar refractivity (Wildman–Crippen MR) is 425 cm³/mol. The van der Waals surface area contributed by atoms with Gasteiger partial charge < -0.3 is 30.3 Å². The largest absolute Gasteiger partial charge is 0.391 e. The second-order valence-corrected chi connectivity index (χ2v) is 37.4. The Kier molecular flexibility index (Phi) is 29.1. The highest BCUT2D eigenvalue weighted by atomic mass is 35.5. The minimum absolute atomic E-state index is 0.00149. The van der Waals surface area contributed by atoms with Gasteiger partial charge in [-0.3, -0.25) is 33.8 Å². The molecule has 5 aromatic carbocycles. The minimum atomic E-state index is -4.22. The molecular weight excluding hydrogens is 1430 g/mol. The summed E-state index contributed by atoms with van der Waals surface area (Å²) in [6.07, 6.45) is 11.7. The van der Waals surface area contributed by atoms with E-state index in [1.165, 1.54) is 33.7 Å². The van der Waals surface area contributed by atoms with Crippen LogP contribution in [0.2, 0.25) is 5.02 Å². The smallest absolute Gasteiger partial charge is 0.246 e. The number of benzene rings is 5. The number of allylic oxidation sites excluding steroid dienone is 1. The van der Waals surface area contributed by atoms with Crippen molar-refractivity contribution in [1.82, 2.24) is 30.3 Å². The molecule has 0 bridgehead atoms. The zero-order valence-corrected chi connectivity index (χ0v) is 66.8. The van der Waals surface area contributed by atoms with Crippen LogP contribution in [0.4, 0.5) is 5.69 Å². The summed E-state index contributed by atoms with van der Waals surface area (Å²) in [5, 5.41) is 17.5. The van der Waals surface area contributed by atoms with Crippen LogP contribution in [-0.2, 0) is 50.0 Å². The zero-order valence-electron chi connectivity index (χ0n) is 62.8. The number of piperazine rings is 1. The summed E-state index contributed by atoms with van der Waals surface area (Å²) >= 11 is 9.69. The highest BCUT2D eigenvalue weighted by molar-refractivity contribution is 7.99. The van der Waals surface area contributed by atoms with Gasteiger partial charge in [-0.05, 0) is 177 Å². The number of halogens is 1. The van der Waals surface area contributed by atoms with E-state index >= 15 is 0 Å². The topological polar surface area (TPSA) is 233 Å². The van der Waals surface area contributed by atoms with Crippen LogP contribution in [-0.4, -0.2) is 179 Å². The van der Waals surface area contributed by atoms with E-state index in [4.69, 9.17) is 16.3 Å². The number of sulfone groups is 2. The van der Waals surface area contributed by atoms with Gasteiger partial charge in [-0.15, -0.1) is 23.1 Å². The number of unbranched alkanes of at least 4 members (excludes halogenated alkanes) is 5. The van der Waals surface area contributed by atoms with E-state index < -0.39 is 54.8 Å². The van der Waals surface area contributed by atoms with Gasteiger partial charge in [0.25, 0.3) is 0 Å². The number of hydrogen-bond acceptors (Lipinski definition) is 17. The monoisotopic (exact) mass is 1540 g/mol. The number of morpholine rings is 1. The molecule has 3 amide bonds. The number of carbonyl (C=O) groups excluding carboxylic acids is 5. The second kappa shape index (κ2) is 37.7. The summed E-state index contributed by atoms with van der Waals surface area (Å²) in [7, 11) is -8.07. The molecule has 3 aliphatic heterocycles. The fraction of sp³-hybridized carbons (Fsp3) is 0.518. The predicted octanol–water partition coefficient (Wildman–Crippen LogP) is 14.1. The first-order valence-electron chi connectivity index (χ1n) is 37.8. The van der Waals surface area contributed by atoms with Crippen LogP contribution in [0.5, 0.6) is 0 Å². The number of aromatic nitrogens is 1. The Hall–Kier alpha value is -6.60. The number of aliphatic hydroxyl groups excluding tert-OH is 1. The average Bonchev–Trinajstić information content (AvgIpc) is 1.18. The van der Waals surface area contributed by atoms with E-state index in [2.05, 4.69) is 61.5 Å². The maximum atomic E-state index is 14.3. The SMILES string of the molecule is Cc1ncsc1-c1ccc([C@H](C)NC(=O)[C@@H]2C[C@@H](O)CN2C(=O)[C@@H](NC(=O)CCCCCCCCC(=O)CC[C@@]2(C)CCC(c3ccc(Cl)cc3)=C(CN3CCN(c4ccc(C(=O)CS(=O)(=O)c5ccc(C[C@H](CCN6CCOCC6)CSc6ccccc6)c(S(C)(=O)=O)c5)cc4)CC3)C2)C(C)(C)C)cc1. The minimum Gasteiger partial charge on any atom is -0.391 e. The Bertz CT molecular complexity index is 4230. The van der Waals surface area contributed by atoms with Crippen molar-refractivity contribution in [1.29, 1.82) is 0 Å². The Morgan fingerprint density at radius 1 is 0.792 bits per heavy atom. The lowest BCUT2D eigenvalue weighted by Crippen LogP contribution is -2.57. The fourth-order valence-corrected chi connectivity index (χ4v) is 19.5. The number of amides is 3. The molecule has 23 heteroatoms. The number of Topliss-reactive ketones (excluding diaryl/α,β-unsaturated/α-hetero) is 2. The second-order valence-electron chi connectivity index (χ2n) is 31.1. The molecule has 572 valence electrons. The number of nitrogens with zero attached hydrogens (tertiary/aromatic N) is 5. The number of rotatable bonds is 35. The zero-order chi connectivity index (χ0) is 75.8. The number of thiazole rings is 1. The van der Waals surface area contributed by atoms with E-state index in [0.29, 0.717) is 49.5 Å². The van der Waals surface area contributed by atoms with Crippen molar-refractivity contribution in [2.45, 2.75) is 183 Å². The van der Waals surface area contributed by atoms with Gasteiger partial charge in [0.05, 0.1) is 51.2 Å². The third kappa shape index (κ3) is 23.2. The summed E-state index contributed by atoms with van der Waals surface area (Å²) < 4.78 is 60.3. The lowest BCUT2D eigenvalue weighted by molar-refractivity contribution is -0.144. The molecule has 4 aliphatic rings. The molecule has 0 unspecified atom stereocenters. The van der Waals surface area contributed by atoms with E-state index in [1.807, 2.05) is 107 Å². The van der Waals surface area contributed by atoms with Gasteiger partial charge in [0, 0.05) is 111 Å². The normalized spacial score (nSPS) is 19.4. The number of β-amino-alcohol motifs (C(OH)–C–C–N with tert-alkyl or cyclic N) is 1. The number of aliphatic hydroxyl groups is 1. The van der Waals surface area contributed by atoms with Gasteiger partial charge in [0.2, 0.25) is 17.7 Å². The molecule has 3 fully saturated rings. The van der Waals surface area contributed by atoms with Crippen LogP contribution in [0.25, 0.3) is 16.0 Å². The molecule has 10 rings (SSSR count). The maximum Gasteiger partial charge on any atom is 0.246 e. The fourth-order valence-electron chi connectivity index (χ4n) is 15.2. The van der Waals surface area contributed by atoms with Gasteiger partial charge in [-0.1, -0.05) is 131 Å². The van der Waals surface area contributed by atoms with E-state index in [1.54, 1.807) is 41.3 Å². The number of likely N-dealkylation sites (tertiary alicyclic amines) is 1. The van der Waals surface area contributed by atoms with Gasteiger partial charge >= 0.3 is 0 Å². The maximum absolute atomic E-state index is 14.3. The van der Waals surface area contributed by atoms with Crippen molar-refractivity contribution in [3.63, 3.8) is 0 Å². The first-order chi connectivity index (χ1) is 50.6. The Morgan fingerprint density at radius 3 is 2.12 bits per heavy atom. The molecule has 0 spiro atoms. The molecule has 4 heterocycles. The first kappa shape index (κ1) is 81.9. The van der Waals surface area contributed by atoms with Crippen LogP contribution in [0.1, 0.15) is 170 Å². The average molecular weight is 1540 g/mol. The number of thioether (sulfide) groups is 1. The Labute approximate surface area is 642 Å². The molecule has 3 saturated heterocycles. The Morgan fingerprint density at radius 2 is 1.46 bits per heavy atom. The lowest BCUT2D eigenvalue weighted by Gasteiger charge is -2.41. The molecule has 3 N–H and O–H groups in total. The third-order valence-corrected chi connectivity index (χ3v) is 26.8. The summed E-state index contributed by atoms with van der Waals surface area (Å²) in [4.78, 5) is 83.7. The summed E-state index contributed by atoms with van der Waals surface area (Å²) in [5.74, 6) is -1.19. The van der Waals surface area contributed by atoms with Crippen molar-refractivity contribution in [2.24, 2.45) is 16.7 Å². The molecule has 1 aliphatic carbocycles. The van der Waals surface area contributed by atoms with Crippen LogP contribution in [0, 0.1) is 23.7 Å². The van der Waals surface area contributed by atoms with E-state index in [-0.39, 0.29) is 75.6 Å². The van der Waals surface area contributed by atoms with Gasteiger partial charge in [0.15, 0.2) is 25.5 Å². The molecule has 0 saturated carbocycles. The number of aryl methyl sites for hydroxylation is 1. The molecule has 18 nitrogen and oxygen atoms in total. The summed E-state index contributed by atoms with van der Waals surface area (Å²) in [6.45, 7) is 19.7. The molecular formula is C83H108ClN7O11S4. The quantitative estimate of drug-likeness (QED) is 0.0191. The van der Waals surface area contributed by atoms with Gasteiger partial charge in [-0.2, -0.15) is 0 Å². The van der Waals surface area contributed by atoms with E-state index in [0.717, 1.165) is 161 Å². The van der Waals surface area contributed by atoms with Crippen molar-refractivity contribution in [3.8, 4) is 10.4 Å². The van der Waals surface area contributed by atoms with Gasteiger partial charge in [-0.25, -0.2) is 21.8 Å². The van der Waals surface area contributed by atoms with Crippen molar-refractivity contribution in [3.05, 3.63) is 165 Å². The molecule has 1 aromatic heterocycles.